The van der Waals surface area contributed by atoms with Crippen molar-refractivity contribution in [2.24, 2.45) is 17.8 Å². The van der Waals surface area contributed by atoms with Gasteiger partial charge in [-0.1, -0.05) is 38.0 Å². The van der Waals surface area contributed by atoms with Crippen LogP contribution in [0.15, 0.2) is 23.3 Å². The normalized spacial score (nSPS) is 32.3. The van der Waals surface area contributed by atoms with Crippen molar-refractivity contribution in [2.75, 3.05) is 0 Å². The zero-order valence-electron chi connectivity index (χ0n) is 11.9. The molecule has 0 spiro atoms. The molecule has 3 unspecified atom stereocenters. The molecule has 0 aromatic rings. The molecular formula is C17H26O. The van der Waals surface area contributed by atoms with Gasteiger partial charge in [-0.3, -0.25) is 0 Å². The van der Waals surface area contributed by atoms with Crippen LogP contribution in [0.3, 0.4) is 0 Å². The molecule has 1 fully saturated rings. The van der Waals surface area contributed by atoms with E-state index in [4.69, 9.17) is 0 Å². The van der Waals surface area contributed by atoms with Crippen molar-refractivity contribution in [2.45, 2.75) is 58.8 Å². The number of hydrogen-bond acceptors (Lipinski definition) is 1. The molecule has 1 heteroatoms. The highest BCUT2D eigenvalue weighted by Gasteiger charge is 2.35. The minimum atomic E-state index is 0.663. The fourth-order valence-corrected chi connectivity index (χ4v) is 4.07. The molecule has 0 amide bonds. The van der Waals surface area contributed by atoms with Crippen molar-refractivity contribution in [3.63, 3.8) is 0 Å². The Bertz CT molecular complexity index is 364. The van der Waals surface area contributed by atoms with Gasteiger partial charge in [-0.25, -0.2) is 0 Å². The van der Waals surface area contributed by atoms with Crippen LogP contribution < -0.4 is 0 Å². The fourth-order valence-electron chi connectivity index (χ4n) is 4.07. The first-order valence-corrected chi connectivity index (χ1v) is 7.52. The number of fused-ring (bicyclic) bond motifs is 1. The van der Waals surface area contributed by atoms with E-state index in [2.05, 4.69) is 20.4 Å². The van der Waals surface area contributed by atoms with Gasteiger partial charge in [-0.2, -0.15) is 0 Å². The molecule has 3 atom stereocenters. The summed E-state index contributed by atoms with van der Waals surface area (Å²) in [6, 6.07) is 0. The van der Waals surface area contributed by atoms with Crippen molar-refractivity contribution < 1.29 is 4.79 Å². The molecule has 0 radical (unpaired) electrons. The van der Waals surface area contributed by atoms with Gasteiger partial charge in [0.05, 0.1) is 0 Å². The molecule has 0 heterocycles. The molecule has 0 bridgehead atoms. The lowest BCUT2D eigenvalue weighted by Gasteiger charge is -2.42. The lowest BCUT2D eigenvalue weighted by atomic mass is 9.63. The van der Waals surface area contributed by atoms with Crippen LogP contribution in [0.4, 0.5) is 0 Å². The van der Waals surface area contributed by atoms with E-state index < -0.39 is 0 Å². The quantitative estimate of drug-likeness (QED) is 0.658. The fraction of sp³-hybridized carbons (Fsp3) is 0.706. The van der Waals surface area contributed by atoms with Crippen LogP contribution in [0.1, 0.15) is 58.8 Å². The Hall–Kier alpha value is -0.850. The molecule has 2 aliphatic carbocycles. The van der Waals surface area contributed by atoms with E-state index in [0.717, 1.165) is 36.9 Å². The van der Waals surface area contributed by atoms with Gasteiger partial charge < -0.3 is 4.79 Å². The van der Waals surface area contributed by atoms with Gasteiger partial charge in [0.15, 0.2) is 0 Å². The number of carbonyl (C=O) groups excluding carboxylic acids is 1. The topological polar surface area (TPSA) is 17.1 Å². The largest absolute Gasteiger partial charge is 0.303 e. The summed E-state index contributed by atoms with van der Waals surface area (Å²) in [4.78, 5) is 10.6. The Morgan fingerprint density at radius 2 is 2.11 bits per heavy atom. The van der Waals surface area contributed by atoms with E-state index >= 15 is 0 Å². The minimum Gasteiger partial charge on any atom is -0.303 e. The molecule has 0 N–H and O–H groups in total. The monoisotopic (exact) mass is 246 g/mol. The maximum atomic E-state index is 10.6. The van der Waals surface area contributed by atoms with E-state index in [-0.39, 0.29) is 0 Å². The minimum absolute atomic E-state index is 0.663. The molecule has 18 heavy (non-hydrogen) atoms. The van der Waals surface area contributed by atoms with E-state index in [9.17, 15) is 4.79 Å². The van der Waals surface area contributed by atoms with Gasteiger partial charge in [-0.15, -0.1) is 0 Å². The van der Waals surface area contributed by atoms with E-state index in [1.54, 1.807) is 5.57 Å². The lowest BCUT2D eigenvalue weighted by molar-refractivity contribution is -0.107. The first kappa shape index (κ1) is 13.6. The Labute approximate surface area is 111 Å². The van der Waals surface area contributed by atoms with Gasteiger partial charge in [0.1, 0.15) is 6.29 Å². The predicted molar refractivity (Wildman–Crippen MR) is 76.4 cm³/mol. The maximum Gasteiger partial charge on any atom is 0.120 e. The Morgan fingerprint density at radius 3 is 2.78 bits per heavy atom. The standard InChI is InChI=1S/C17H26O/c1-4-14-8-10-17-15(6-5-11-18)12(2)7-9-16(17)13(14)3/h11,13-14,16H,2,4-10H2,1,3H3. The molecule has 1 nitrogen and oxygen atoms in total. The highest BCUT2D eigenvalue weighted by Crippen LogP contribution is 2.48. The van der Waals surface area contributed by atoms with Crippen LogP contribution in [-0.4, -0.2) is 6.29 Å². The van der Waals surface area contributed by atoms with Crippen LogP contribution in [0, 0.1) is 17.8 Å². The van der Waals surface area contributed by atoms with E-state index in [1.807, 2.05) is 0 Å². The summed E-state index contributed by atoms with van der Waals surface area (Å²) in [6.07, 6.45) is 8.97. The van der Waals surface area contributed by atoms with Crippen LogP contribution >= 0.6 is 0 Å². The van der Waals surface area contributed by atoms with Gasteiger partial charge in [0, 0.05) is 6.42 Å². The van der Waals surface area contributed by atoms with E-state index in [0.29, 0.717) is 6.42 Å². The molecular weight excluding hydrogens is 220 g/mol. The molecule has 1 saturated carbocycles. The smallest absolute Gasteiger partial charge is 0.120 e. The number of allylic oxidation sites excluding steroid dienone is 3. The Morgan fingerprint density at radius 1 is 1.33 bits per heavy atom. The molecule has 100 valence electrons. The summed E-state index contributed by atoms with van der Waals surface area (Å²) in [5, 5.41) is 0. The first-order valence-electron chi connectivity index (χ1n) is 7.52. The van der Waals surface area contributed by atoms with Crippen LogP contribution in [-0.2, 0) is 4.79 Å². The second-order valence-corrected chi connectivity index (χ2v) is 6.02. The molecule has 2 aliphatic rings. The summed E-state index contributed by atoms with van der Waals surface area (Å²) in [6.45, 7) is 8.99. The van der Waals surface area contributed by atoms with Crippen LogP contribution in [0.5, 0.6) is 0 Å². The lowest BCUT2D eigenvalue weighted by Crippen LogP contribution is -2.30. The Balaban J connectivity index is 2.24. The predicted octanol–water partition coefficient (Wildman–Crippen LogP) is 4.68. The number of carbonyl (C=O) groups is 1. The SMILES string of the molecule is C=C1CCC2C(=C1CCC=O)CCC(CC)C2C. The van der Waals surface area contributed by atoms with Crippen molar-refractivity contribution in [1.29, 1.82) is 0 Å². The van der Waals surface area contributed by atoms with Gasteiger partial charge >= 0.3 is 0 Å². The maximum absolute atomic E-state index is 10.6. The summed E-state index contributed by atoms with van der Waals surface area (Å²) in [5.74, 6) is 2.49. The number of rotatable bonds is 4. The highest BCUT2D eigenvalue weighted by molar-refractivity contribution is 5.51. The third kappa shape index (κ3) is 2.46. The molecule has 0 aromatic carbocycles. The molecule has 0 saturated heterocycles. The second-order valence-electron chi connectivity index (χ2n) is 6.02. The third-order valence-corrected chi connectivity index (χ3v) is 5.22. The second kappa shape index (κ2) is 5.86. The van der Waals surface area contributed by atoms with Crippen molar-refractivity contribution in [3.05, 3.63) is 23.3 Å². The summed E-state index contributed by atoms with van der Waals surface area (Å²) in [7, 11) is 0. The number of aldehydes is 1. The highest BCUT2D eigenvalue weighted by atomic mass is 16.1. The van der Waals surface area contributed by atoms with Gasteiger partial charge in [0.2, 0.25) is 0 Å². The summed E-state index contributed by atoms with van der Waals surface area (Å²) < 4.78 is 0. The first-order chi connectivity index (χ1) is 8.69. The van der Waals surface area contributed by atoms with Crippen molar-refractivity contribution in [3.8, 4) is 0 Å². The molecule has 0 aromatic heterocycles. The van der Waals surface area contributed by atoms with Crippen LogP contribution in [0.2, 0.25) is 0 Å². The zero-order chi connectivity index (χ0) is 13.1. The summed E-state index contributed by atoms with van der Waals surface area (Å²) in [5.41, 5.74) is 4.43. The van der Waals surface area contributed by atoms with Gasteiger partial charge in [-0.05, 0) is 55.4 Å². The molecule has 0 aliphatic heterocycles. The van der Waals surface area contributed by atoms with E-state index in [1.165, 1.54) is 36.8 Å². The average Bonchev–Trinajstić information content (AvgIpc) is 2.38. The van der Waals surface area contributed by atoms with Crippen LogP contribution in [0.25, 0.3) is 0 Å². The van der Waals surface area contributed by atoms with Crippen molar-refractivity contribution in [1.82, 2.24) is 0 Å². The van der Waals surface area contributed by atoms with Crippen molar-refractivity contribution >= 4 is 6.29 Å². The zero-order valence-corrected chi connectivity index (χ0v) is 11.9. The molecule has 2 rings (SSSR count). The third-order valence-electron chi connectivity index (χ3n) is 5.22. The Kier molecular flexibility index (Phi) is 4.42. The van der Waals surface area contributed by atoms with Gasteiger partial charge in [0.25, 0.3) is 0 Å². The number of hydrogen-bond donors (Lipinski definition) is 0. The average molecular weight is 246 g/mol. The summed E-state index contributed by atoms with van der Waals surface area (Å²) >= 11 is 0.